The third-order valence-corrected chi connectivity index (χ3v) is 3.49. The van der Waals surface area contributed by atoms with Crippen LogP contribution in [0.2, 0.25) is 0 Å². The molecule has 1 heterocycles. The van der Waals surface area contributed by atoms with Crippen molar-refractivity contribution in [3.05, 3.63) is 48.2 Å². The number of hydrogen-bond acceptors (Lipinski definition) is 3. The van der Waals surface area contributed by atoms with Gasteiger partial charge in [-0.15, -0.1) is 0 Å². The highest BCUT2D eigenvalue weighted by Crippen LogP contribution is 2.22. The zero-order chi connectivity index (χ0) is 15.9. The second-order valence-electron chi connectivity index (χ2n) is 4.97. The van der Waals surface area contributed by atoms with Gasteiger partial charge in [-0.05, 0) is 56.7 Å². The minimum absolute atomic E-state index is 0. The Morgan fingerprint density at radius 1 is 1.13 bits per heavy atom. The Labute approximate surface area is 143 Å². The number of rotatable bonds is 5. The van der Waals surface area contributed by atoms with Crippen molar-refractivity contribution in [1.82, 2.24) is 4.98 Å². The number of anilines is 3. The van der Waals surface area contributed by atoms with E-state index in [1.165, 1.54) is 0 Å². The Hall–Kier alpha value is -2.27. The fraction of sp³-hybridized carbons (Fsp3) is 0.294. The van der Waals surface area contributed by atoms with Crippen molar-refractivity contribution >= 4 is 23.2 Å². The summed E-state index contributed by atoms with van der Waals surface area (Å²) in [5.41, 5.74) is 2.99. The molecule has 0 aliphatic heterocycles. The lowest BCUT2D eigenvalue weighted by Gasteiger charge is -2.22. The predicted molar refractivity (Wildman–Crippen MR) is 91.6 cm³/mol. The van der Waals surface area contributed by atoms with E-state index in [0.717, 1.165) is 30.0 Å². The molecule has 2 rings (SSSR count). The van der Waals surface area contributed by atoms with Crippen LogP contribution in [0.3, 0.4) is 0 Å². The average Bonchev–Trinajstić information content (AvgIpc) is 2.52. The van der Waals surface area contributed by atoms with Gasteiger partial charge in [-0.25, -0.2) is 9.78 Å². The highest BCUT2D eigenvalue weighted by atomic mass is 35.5. The van der Waals surface area contributed by atoms with Crippen molar-refractivity contribution in [2.75, 3.05) is 28.6 Å². The van der Waals surface area contributed by atoms with Crippen LogP contribution in [0.25, 0.3) is 0 Å². The van der Waals surface area contributed by atoms with Crippen molar-refractivity contribution < 1.29 is 17.2 Å². The van der Waals surface area contributed by atoms with E-state index in [9.17, 15) is 4.79 Å². The minimum atomic E-state index is -0.294. The molecule has 5 nitrogen and oxygen atoms in total. The van der Waals surface area contributed by atoms with Gasteiger partial charge < -0.3 is 22.6 Å². The standard InChI is InChI=1S/C17H22N4O.ClH/c1-4-21(5-2)14-9-10-15(13(3)12-14)19-17(22)20-16-8-6-7-11-18-16;/h6-12H,4-5H2,1-3H3,(H2,18,19,20,22);1H/p-1. The van der Waals surface area contributed by atoms with Crippen molar-refractivity contribution in [2.24, 2.45) is 0 Å². The largest absolute Gasteiger partial charge is 1.00 e. The van der Waals surface area contributed by atoms with Gasteiger partial charge in [0.15, 0.2) is 0 Å². The molecule has 0 unspecified atom stereocenters. The molecule has 0 spiro atoms. The van der Waals surface area contributed by atoms with Gasteiger partial charge in [0.1, 0.15) is 5.82 Å². The second-order valence-corrected chi connectivity index (χ2v) is 4.97. The van der Waals surface area contributed by atoms with Crippen LogP contribution < -0.4 is 27.9 Å². The molecule has 0 aliphatic carbocycles. The van der Waals surface area contributed by atoms with E-state index in [1.54, 1.807) is 18.3 Å². The van der Waals surface area contributed by atoms with Crippen LogP contribution in [0.1, 0.15) is 19.4 Å². The van der Waals surface area contributed by atoms with Gasteiger partial charge >= 0.3 is 6.03 Å². The first-order valence-electron chi connectivity index (χ1n) is 7.48. The Morgan fingerprint density at radius 2 is 1.87 bits per heavy atom. The molecule has 124 valence electrons. The average molecular weight is 334 g/mol. The Balaban J connectivity index is 0.00000264. The predicted octanol–water partition coefficient (Wildman–Crippen LogP) is 0.884. The molecule has 0 saturated heterocycles. The molecule has 0 saturated carbocycles. The zero-order valence-corrected chi connectivity index (χ0v) is 14.4. The molecule has 1 aromatic carbocycles. The van der Waals surface area contributed by atoms with E-state index < -0.39 is 0 Å². The third kappa shape index (κ3) is 5.14. The fourth-order valence-electron chi connectivity index (χ4n) is 2.28. The number of benzene rings is 1. The molecule has 0 bridgehead atoms. The maximum absolute atomic E-state index is 12.0. The molecule has 2 N–H and O–H groups in total. The molecule has 1 aromatic heterocycles. The van der Waals surface area contributed by atoms with E-state index in [4.69, 9.17) is 0 Å². The quantitative estimate of drug-likeness (QED) is 0.854. The summed E-state index contributed by atoms with van der Waals surface area (Å²) in [4.78, 5) is 18.3. The third-order valence-electron chi connectivity index (χ3n) is 3.49. The first kappa shape index (κ1) is 18.8. The topological polar surface area (TPSA) is 57.3 Å². The maximum atomic E-state index is 12.0. The molecule has 2 aromatic rings. The van der Waals surface area contributed by atoms with Gasteiger partial charge in [-0.3, -0.25) is 5.32 Å². The van der Waals surface area contributed by atoms with Gasteiger partial charge in [0.05, 0.1) is 0 Å². The molecular weight excluding hydrogens is 312 g/mol. The van der Waals surface area contributed by atoms with Gasteiger partial charge in [0.2, 0.25) is 0 Å². The van der Waals surface area contributed by atoms with E-state index >= 15 is 0 Å². The normalized spacial score (nSPS) is 9.70. The molecule has 0 radical (unpaired) electrons. The van der Waals surface area contributed by atoms with Crippen LogP contribution in [0.15, 0.2) is 42.6 Å². The number of amides is 2. The number of urea groups is 1. The summed E-state index contributed by atoms with van der Waals surface area (Å²) < 4.78 is 0. The fourth-order valence-corrected chi connectivity index (χ4v) is 2.28. The van der Waals surface area contributed by atoms with Crippen molar-refractivity contribution in [2.45, 2.75) is 20.8 Å². The van der Waals surface area contributed by atoms with Crippen LogP contribution >= 0.6 is 0 Å². The highest BCUT2D eigenvalue weighted by molar-refractivity contribution is 5.99. The number of aryl methyl sites for hydroxylation is 1. The summed E-state index contributed by atoms with van der Waals surface area (Å²) in [6.45, 7) is 8.17. The van der Waals surface area contributed by atoms with Crippen LogP contribution in [-0.4, -0.2) is 24.1 Å². The van der Waals surface area contributed by atoms with Crippen LogP contribution in [0.5, 0.6) is 0 Å². The first-order chi connectivity index (χ1) is 10.6. The van der Waals surface area contributed by atoms with Crippen LogP contribution in [0.4, 0.5) is 22.0 Å². The van der Waals surface area contributed by atoms with Crippen molar-refractivity contribution in [3.8, 4) is 0 Å². The summed E-state index contributed by atoms with van der Waals surface area (Å²) in [5, 5.41) is 5.56. The highest BCUT2D eigenvalue weighted by Gasteiger charge is 2.08. The Morgan fingerprint density at radius 3 is 2.43 bits per heavy atom. The molecule has 6 heteroatoms. The smallest absolute Gasteiger partial charge is 0.324 e. The molecule has 0 atom stereocenters. The zero-order valence-electron chi connectivity index (χ0n) is 13.6. The monoisotopic (exact) mass is 333 g/mol. The molecular formula is C17H22ClN4O-. The lowest BCUT2D eigenvalue weighted by Crippen LogP contribution is -3.00. The molecule has 23 heavy (non-hydrogen) atoms. The van der Waals surface area contributed by atoms with Crippen molar-refractivity contribution in [1.29, 1.82) is 0 Å². The van der Waals surface area contributed by atoms with Gasteiger partial charge in [0, 0.05) is 30.7 Å². The van der Waals surface area contributed by atoms with Crippen LogP contribution in [0, 0.1) is 6.92 Å². The molecule has 0 aliphatic rings. The van der Waals surface area contributed by atoms with E-state index in [2.05, 4.69) is 40.4 Å². The summed E-state index contributed by atoms with van der Waals surface area (Å²) in [6.07, 6.45) is 1.64. The number of nitrogens with one attached hydrogen (secondary N) is 2. The van der Waals surface area contributed by atoms with Crippen LogP contribution in [-0.2, 0) is 0 Å². The lowest BCUT2D eigenvalue weighted by atomic mass is 10.1. The van der Waals surface area contributed by atoms with Gasteiger partial charge in [-0.2, -0.15) is 0 Å². The second kappa shape index (κ2) is 9.00. The van der Waals surface area contributed by atoms with E-state index in [-0.39, 0.29) is 18.4 Å². The lowest BCUT2D eigenvalue weighted by molar-refractivity contribution is -0.00000762. The summed E-state index contributed by atoms with van der Waals surface area (Å²) >= 11 is 0. The summed E-state index contributed by atoms with van der Waals surface area (Å²) in [7, 11) is 0. The Kier molecular flexibility index (Phi) is 7.35. The maximum Gasteiger partial charge on any atom is 0.324 e. The number of hydrogen-bond donors (Lipinski definition) is 2. The molecule has 2 amide bonds. The summed E-state index contributed by atoms with van der Waals surface area (Å²) in [6, 6.07) is 11.1. The molecule has 0 fully saturated rings. The number of pyridine rings is 1. The minimum Gasteiger partial charge on any atom is -1.00 e. The van der Waals surface area contributed by atoms with Gasteiger partial charge in [0.25, 0.3) is 0 Å². The van der Waals surface area contributed by atoms with E-state index in [1.807, 2.05) is 25.1 Å². The van der Waals surface area contributed by atoms with E-state index in [0.29, 0.717) is 5.82 Å². The van der Waals surface area contributed by atoms with Gasteiger partial charge in [-0.1, -0.05) is 6.07 Å². The number of carbonyl (C=O) groups excluding carboxylic acids is 1. The summed E-state index contributed by atoms with van der Waals surface area (Å²) in [5.74, 6) is 0.525. The number of halogens is 1. The first-order valence-corrected chi connectivity index (χ1v) is 7.48. The number of carbonyl (C=O) groups is 1. The number of aromatic nitrogens is 1. The van der Waals surface area contributed by atoms with Crippen molar-refractivity contribution in [3.63, 3.8) is 0 Å². The SMILES string of the molecule is CCN(CC)c1ccc(NC(=O)Nc2ccccn2)c(C)c1.[Cl-]. The number of nitrogens with zero attached hydrogens (tertiary/aromatic N) is 2. The Bertz CT molecular complexity index is 630.